The van der Waals surface area contributed by atoms with Gasteiger partial charge in [0.25, 0.3) is 0 Å². The maximum Gasteiger partial charge on any atom is 0.301 e. The predicted octanol–water partition coefficient (Wildman–Crippen LogP) is 1.21. The number of nitrogens with zero attached hydrogens (tertiary/aromatic N) is 2. The molecule has 0 spiro atoms. The number of benzene rings is 1. The average molecular weight is 227 g/mol. The second kappa shape index (κ2) is 3.35. The van der Waals surface area contributed by atoms with Crippen molar-refractivity contribution in [3.8, 4) is 11.8 Å². The normalized spacial score (nSPS) is 24.7. The van der Waals surface area contributed by atoms with Gasteiger partial charge >= 0.3 is 5.85 Å². The van der Waals surface area contributed by atoms with Gasteiger partial charge in [0.2, 0.25) is 0 Å². The van der Waals surface area contributed by atoms with Gasteiger partial charge < -0.3 is 4.74 Å². The Bertz CT molecular complexity index is 556. The molecule has 0 saturated carbocycles. The van der Waals surface area contributed by atoms with Crippen LogP contribution in [0.3, 0.4) is 0 Å². The van der Waals surface area contributed by atoms with Gasteiger partial charge in [-0.1, -0.05) is 0 Å². The number of nitrogens with two attached hydrogens (primary N) is 1. The van der Waals surface area contributed by atoms with Crippen LogP contribution < -0.4 is 10.5 Å². The fraction of sp³-hybridized carbons (Fsp3) is 0.0833. The highest BCUT2D eigenvalue weighted by Crippen LogP contribution is 2.39. The molecule has 2 aliphatic heterocycles. The number of hydroxylamine groups is 2. The van der Waals surface area contributed by atoms with Crippen molar-refractivity contribution in [2.45, 2.75) is 5.85 Å². The topological polar surface area (TPSA) is 74.6 Å². The number of rotatable bonds is 2. The summed E-state index contributed by atoms with van der Waals surface area (Å²) in [5.41, 5.74) is 6.49. The van der Waals surface area contributed by atoms with Gasteiger partial charge in [-0.25, -0.2) is 9.90 Å². The van der Waals surface area contributed by atoms with Crippen molar-refractivity contribution in [1.82, 2.24) is 5.06 Å². The molecule has 1 unspecified atom stereocenters. The molecule has 1 aromatic rings. The molecular formula is C12H9N3O2. The third-order valence-electron chi connectivity index (χ3n) is 2.57. The summed E-state index contributed by atoms with van der Waals surface area (Å²) in [5.74, 6) is 0.165. The van der Waals surface area contributed by atoms with E-state index in [0.29, 0.717) is 17.1 Å². The summed E-state index contributed by atoms with van der Waals surface area (Å²) in [7, 11) is 0. The summed E-state index contributed by atoms with van der Waals surface area (Å²) < 4.78 is 5.62. The largest absolute Gasteiger partial charge is 0.455 e. The third kappa shape index (κ3) is 1.56. The van der Waals surface area contributed by atoms with Crippen LogP contribution in [0.4, 0.5) is 0 Å². The third-order valence-corrected chi connectivity index (χ3v) is 2.57. The van der Waals surface area contributed by atoms with E-state index in [2.05, 4.69) is 0 Å². The van der Waals surface area contributed by atoms with Crippen molar-refractivity contribution in [2.24, 2.45) is 5.73 Å². The Hall–Kier alpha value is -2.29. The van der Waals surface area contributed by atoms with E-state index in [9.17, 15) is 0 Å². The van der Waals surface area contributed by atoms with Gasteiger partial charge in [0.1, 0.15) is 5.75 Å². The Balaban J connectivity index is 1.81. The van der Waals surface area contributed by atoms with E-state index in [1.165, 1.54) is 5.06 Å². The molecule has 1 saturated heterocycles. The summed E-state index contributed by atoms with van der Waals surface area (Å²) in [6.07, 6.45) is 5.27. The lowest BCUT2D eigenvalue weighted by atomic mass is 10.2. The van der Waals surface area contributed by atoms with E-state index in [4.69, 9.17) is 20.6 Å². The van der Waals surface area contributed by atoms with Crippen LogP contribution in [0.15, 0.2) is 48.4 Å². The Morgan fingerprint density at radius 1 is 1.35 bits per heavy atom. The molecule has 0 amide bonds. The fourth-order valence-corrected chi connectivity index (χ4v) is 1.58. The average Bonchev–Trinajstić information content (AvgIpc) is 3.03. The number of hydrogen-bond acceptors (Lipinski definition) is 5. The zero-order valence-electron chi connectivity index (χ0n) is 8.83. The smallest absolute Gasteiger partial charge is 0.301 e. The van der Waals surface area contributed by atoms with Gasteiger partial charge in [-0.2, -0.15) is 5.26 Å². The fourth-order valence-electron chi connectivity index (χ4n) is 1.58. The SMILES string of the molecule is N#Cc1ccc(OC2=CC=CN3OC23N)cc1. The highest BCUT2D eigenvalue weighted by atomic mass is 16.9. The summed E-state index contributed by atoms with van der Waals surface area (Å²) in [4.78, 5) is 5.17. The number of hydrogen-bond donors (Lipinski definition) is 1. The molecule has 17 heavy (non-hydrogen) atoms. The summed E-state index contributed by atoms with van der Waals surface area (Å²) in [5, 5.41) is 10.2. The van der Waals surface area contributed by atoms with Gasteiger partial charge in [-0.15, -0.1) is 0 Å². The molecule has 2 N–H and O–H groups in total. The van der Waals surface area contributed by atoms with E-state index in [1.54, 1.807) is 42.6 Å². The van der Waals surface area contributed by atoms with Crippen molar-refractivity contribution in [3.63, 3.8) is 0 Å². The second-order valence-electron chi connectivity index (χ2n) is 3.72. The molecule has 0 aliphatic carbocycles. The molecule has 2 heterocycles. The zero-order chi connectivity index (χ0) is 11.9. The molecule has 0 aromatic heterocycles. The van der Waals surface area contributed by atoms with Crippen molar-refractivity contribution in [2.75, 3.05) is 0 Å². The number of ether oxygens (including phenoxy) is 1. The van der Waals surface area contributed by atoms with Crippen LogP contribution in [0.1, 0.15) is 5.56 Å². The van der Waals surface area contributed by atoms with Crippen LogP contribution >= 0.6 is 0 Å². The predicted molar refractivity (Wildman–Crippen MR) is 58.9 cm³/mol. The highest BCUT2D eigenvalue weighted by molar-refractivity contribution is 5.37. The molecule has 84 valence electrons. The first kappa shape index (κ1) is 9.90. The van der Waals surface area contributed by atoms with Gasteiger partial charge in [0, 0.05) is 6.20 Å². The van der Waals surface area contributed by atoms with E-state index in [-0.39, 0.29) is 0 Å². The first-order chi connectivity index (χ1) is 8.22. The maximum absolute atomic E-state index is 8.68. The lowest BCUT2D eigenvalue weighted by Crippen LogP contribution is -2.34. The first-order valence-corrected chi connectivity index (χ1v) is 5.07. The minimum atomic E-state index is -0.970. The summed E-state index contributed by atoms with van der Waals surface area (Å²) >= 11 is 0. The second-order valence-corrected chi connectivity index (χ2v) is 3.72. The van der Waals surface area contributed by atoms with Crippen LogP contribution in [0, 0.1) is 11.3 Å². The Kier molecular flexibility index (Phi) is 1.95. The zero-order valence-corrected chi connectivity index (χ0v) is 8.83. The van der Waals surface area contributed by atoms with E-state index in [1.807, 2.05) is 6.07 Å². The molecule has 2 aliphatic rings. The first-order valence-electron chi connectivity index (χ1n) is 5.07. The molecule has 1 fully saturated rings. The highest BCUT2D eigenvalue weighted by Gasteiger charge is 2.56. The molecule has 0 radical (unpaired) electrons. The van der Waals surface area contributed by atoms with Crippen LogP contribution in [-0.2, 0) is 4.84 Å². The Morgan fingerprint density at radius 3 is 2.82 bits per heavy atom. The van der Waals surface area contributed by atoms with E-state index < -0.39 is 5.85 Å². The molecule has 1 atom stereocenters. The lowest BCUT2D eigenvalue weighted by Gasteiger charge is -2.13. The Morgan fingerprint density at radius 2 is 2.12 bits per heavy atom. The number of nitriles is 1. The summed E-state index contributed by atoms with van der Waals surface area (Å²) in [6.45, 7) is 0. The molecule has 5 nitrogen and oxygen atoms in total. The van der Waals surface area contributed by atoms with Crippen LogP contribution in [-0.4, -0.2) is 10.9 Å². The molecule has 1 aromatic carbocycles. The van der Waals surface area contributed by atoms with E-state index in [0.717, 1.165) is 0 Å². The minimum absolute atomic E-state index is 0.518. The Labute approximate surface area is 97.9 Å². The quantitative estimate of drug-likeness (QED) is 0.768. The molecule has 0 bridgehead atoms. The van der Waals surface area contributed by atoms with Crippen molar-refractivity contribution >= 4 is 0 Å². The standard InChI is InChI=1S/C12H9N3O2/c13-8-9-3-5-10(6-4-9)16-11-2-1-7-15-12(11,14)17-15/h1-7H,14H2. The van der Waals surface area contributed by atoms with Crippen molar-refractivity contribution in [1.29, 1.82) is 5.26 Å². The molecule has 5 heteroatoms. The van der Waals surface area contributed by atoms with Crippen molar-refractivity contribution < 1.29 is 9.57 Å². The maximum atomic E-state index is 8.68. The van der Waals surface area contributed by atoms with Crippen LogP contribution in [0.2, 0.25) is 0 Å². The monoisotopic (exact) mass is 227 g/mol. The summed E-state index contributed by atoms with van der Waals surface area (Å²) in [6, 6.07) is 8.84. The minimum Gasteiger partial charge on any atom is -0.455 e. The van der Waals surface area contributed by atoms with Gasteiger partial charge in [0.15, 0.2) is 5.76 Å². The lowest BCUT2D eigenvalue weighted by molar-refractivity contribution is 0.228. The molecular weight excluding hydrogens is 218 g/mol. The van der Waals surface area contributed by atoms with Gasteiger partial charge in [0.05, 0.1) is 11.6 Å². The van der Waals surface area contributed by atoms with Crippen LogP contribution in [0.25, 0.3) is 0 Å². The van der Waals surface area contributed by atoms with Gasteiger partial charge in [-0.3, -0.25) is 5.73 Å². The van der Waals surface area contributed by atoms with Gasteiger partial charge in [-0.05, 0) is 36.4 Å². The number of fused-ring (bicyclic) bond motifs is 1. The number of allylic oxidation sites excluding steroid dienone is 2. The molecule has 3 rings (SSSR count). The van der Waals surface area contributed by atoms with Crippen molar-refractivity contribution in [3.05, 3.63) is 53.9 Å². The van der Waals surface area contributed by atoms with Crippen LogP contribution in [0.5, 0.6) is 5.75 Å². The van der Waals surface area contributed by atoms with E-state index >= 15 is 0 Å².